The first-order chi connectivity index (χ1) is 14.2. The highest BCUT2D eigenvalue weighted by atomic mass is 19.4. The van der Waals surface area contributed by atoms with Crippen LogP contribution in [0, 0.1) is 0 Å². The normalized spacial score (nSPS) is 13.1. The number of fused-ring (bicyclic) bond motifs is 1. The molecule has 2 aromatic rings. The van der Waals surface area contributed by atoms with Gasteiger partial charge < -0.3 is 4.74 Å². The number of halogens is 3. The Bertz CT molecular complexity index is 985. The third-order valence-electron chi connectivity index (χ3n) is 4.21. The summed E-state index contributed by atoms with van der Waals surface area (Å²) in [4.78, 5) is 37.3. The molecular formula is C20H16F3N3O4. The zero-order valence-corrected chi connectivity index (χ0v) is 15.5. The van der Waals surface area contributed by atoms with E-state index in [1.54, 1.807) is 24.3 Å². The van der Waals surface area contributed by atoms with E-state index >= 15 is 0 Å². The molecule has 1 aliphatic heterocycles. The molecule has 2 N–H and O–H groups in total. The highest BCUT2D eigenvalue weighted by Crippen LogP contribution is 2.31. The van der Waals surface area contributed by atoms with Gasteiger partial charge in [-0.15, -0.1) is 0 Å². The van der Waals surface area contributed by atoms with Crippen molar-refractivity contribution in [1.82, 2.24) is 15.8 Å². The van der Waals surface area contributed by atoms with Crippen LogP contribution in [-0.2, 0) is 15.8 Å². The zero-order valence-electron chi connectivity index (χ0n) is 15.5. The summed E-state index contributed by atoms with van der Waals surface area (Å²) in [6, 6.07) is 10.8. The van der Waals surface area contributed by atoms with Crippen LogP contribution in [0.3, 0.4) is 0 Å². The van der Waals surface area contributed by atoms with Gasteiger partial charge in [-0.1, -0.05) is 30.8 Å². The first kappa shape index (κ1) is 20.9. The van der Waals surface area contributed by atoms with Crippen LogP contribution >= 0.6 is 0 Å². The molecule has 0 bridgehead atoms. The number of carbonyl (C=O) groups is 3. The quantitative estimate of drug-likeness (QED) is 0.729. The lowest BCUT2D eigenvalue weighted by Crippen LogP contribution is -2.47. The second-order valence-corrected chi connectivity index (χ2v) is 6.29. The predicted octanol–water partition coefficient (Wildman–Crippen LogP) is 2.36. The molecule has 3 rings (SSSR count). The molecule has 3 amide bonds. The first-order valence-electron chi connectivity index (χ1n) is 8.64. The number of hydrazine groups is 1. The largest absolute Gasteiger partial charge is 0.484 e. The molecule has 0 aromatic heterocycles. The fourth-order valence-electron chi connectivity index (χ4n) is 2.77. The van der Waals surface area contributed by atoms with Crippen molar-refractivity contribution in [3.05, 3.63) is 71.8 Å². The fraction of sp³-hybridized carbons (Fsp3) is 0.150. The lowest BCUT2D eigenvalue weighted by Gasteiger charge is -2.17. The van der Waals surface area contributed by atoms with Crippen LogP contribution in [0.2, 0.25) is 0 Å². The summed E-state index contributed by atoms with van der Waals surface area (Å²) in [5.41, 5.74) is 4.68. The summed E-state index contributed by atoms with van der Waals surface area (Å²) in [7, 11) is 0. The third kappa shape index (κ3) is 4.59. The van der Waals surface area contributed by atoms with Crippen LogP contribution in [0.5, 0.6) is 5.75 Å². The highest BCUT2D eigenvalue weighted by molar-refractivity contribution is 6.10. The number of nitrogens with zero attached hydrogens (tertiary/aromatic N) is 1. The number of ether oxygens (including phenoxy) is 1. The van der Waals surface area contributed by atoms with Gasteiger partial charge in [0, 0.05) is 16.8 Å². The van der Waals surface area contributed by atoms with Crippen molar-refractivity contribution in [3.63, 3.8) is 0 Å². The van der Waals surface area contributed by atoms with Gasteiger partial charge in [-0.25, -0.2) is 0 Å². The Morgan fingerprint density at radius 1 is 1.00 bits per heavy atom. The number of hydrogen-bond acceptors (Lipinski definition) is 4. The van der Waals surface area contributed by atoms with Gasteiger partial charge in [0.05, 0.1) is 5.56 Å². The van der Waals surface area contributed by atoms with E-state index in [0.29, 0.717) is 16.8 Å². The first-order valence-corrected chi connectivity index (χ1v) is 8.64. The summed E-state index contributed by atoms with van der Waals surface area (Å²) in [6.45, 7) is 2.80. The zero-order chi connectivity index (χ0) is 21.9. The number of amides is 3. The summed E-state index contributed by atoms with van der Waals surface area (Å²) >= 11 is 0. The second-order valence-electron chi connectivity index (χ2n) is 6.29. The van der Waals surface area contributed by atoms with Crippen LogP contribution in [0.1, 0.15) is 21.5 Å². The third-order valence-corrected chi connectivity index (χ3v) is 4.21. The molecule has 7 nitrogen and oxygen atoms in total. The number of nitrogens with one attached hydrogen (secondary N) is 2. The van der Waals surface area contributed by atoms with E-state index in [4.69, 9.17) is 4.74 Å². The van der Waals surface area contributed by atoms with Gasteiger partial charge in [-0.05, 0) is 24.3 Å². The Labute approximate surface area is 169 Å². The molecule has 0 saturated carbocycles. The standard InChI is InChI=1S/C20H16F3N3O4/c1-12-15-7-2-3-8-16(15)19(29)26(12)10-17(27)24-25-18(28)11-30-14-6-4-5-13(9-14)20(21,22)23/h2-9H,1,10-11H2,(H,24,27)(H,25,28). The molecular weight excluding hydrogens is 403 g/mol. The van der Waals surface area contributed by atoms with E-state index < -0.39 is 30.2 Å². The summed E-state index contributed by atoms with van der Waals surface area (Å²) in [5, 5.41) is 0. The monoisotopic (exact) mass is 419 g/mol. The Balaban J connectivity index is 1.47. The maximum absolute atomic E-state index is 12.7. The lowest BCUT2D eigenvalue weighted by molar-refractivity contribution is -0.137. The smallest absolute Gasteiger partial charge is 0.416 e. The van der Waals surface area contributed by atoms with Crippen LogP contribution in [0.15, 0.2) is 55.1 Å². The van der Waals surface area contributed by atoms with Gasteiger partial charge >= 0.3 is 6.18 Å². The average molecular weight is 419 g/mol. The lowest BCUT2D eigenvalue weighted by atomic mass is 10.1. The SMILES string of the molecule is C=C1c2ccccc2C(=O)N1CC(=O)NNC(=O)COc1cccc(C(F)(F)F)c1. The Morgan fingerprint density at radius 3 is 2.33 bits per heavy atom. The molecule has 1 aliphatic rings. The van der Waals surface area contributed by atoms with Gasteiger partial charge in [0.25, 0.3) is 17.7 Å². The predicted molar refractivity (Wildman–Crippen MR) is 99.7 cm³/mol. The van der Waals surface area contributed by atoms with Gasteiger partial charge in [0.2, 0.25) is 0 Å². The average Bonchev–Trinajstić information content (AvgIpc) is 2.95. The Hall–Kier alpha value is -3.82. The Kier molecular flexibility index (Phi) is 5.77. The number of alkyl halides is 3. The van der Waals surface area contributed by atoms with E-state index in [1.165, 1.54) is 11.0 Å². The van der Waals surface area contributed by atoms with Crippen LogP contribution in [0.4, 0.5) is 13.2 Å². The topological polar surface area (TPSA) is 87.7 Å². The molecule has 30 heavy (non-hydrogen) atoms. The van der Waals surface area contributed by atoms with Crippen molar-refractivity contribution in [2.24, 2.45) is 0 Å². The van der Waals surface area contributed by atoms with Crippen molar-refractivity contribution in [1.29, 1.82) is 0 Å². The molecule has 0 aliphatic carbocycles. The second kappa shape index (κ2) is 8.27. The van der Waals surface area contributed by atoms with Gasteiger partial charge in [0.1, 0.15) is 12.3 Å². The minimum Gasteiger partial charge on any atom is -0.484 e. The van der Waals surface area contributed by atoms with Gasteiger partial charge in [-0.3, -0.25) is 30.1 Å². The van der Waals surface area contributed by atoms with Crippen molar-refractivity contribution >= 4 is 23.4 Å². The van der Waals surface area contributed by atoms with Crippen molar-refractivity contribution in [3.8, 4) is 5.75 Å². The van der Waals surface area contributed by atoms with Crippen molar-refractivity contribution in [2.45, 2.75) is 6.18 Å². The molecule has 1 heterocycles. The number of benzene rings is 2. The highest BCUT2D eigenvalue weighted by Gasteiger charge is 2.32. The van der Waals surface area contributed by atoms with Crippen LogP contribution in [0.25, 0.3) is 5.70 Å². The molecule has 0 spiro atoms. The molecule has 0 unspecified atom stereocenters. The van der Waals surface area contributed by atoms with Crippen LogP contribution < -0.4 is 15.6 Å². The van der Waals surface area contributed by atoms with E-state index in [-0.39, 0.29) is 18.2 Å². The van der Waals surface area contributed by atoms with E-state index in [0.717, 1.165) is 18.2 Å². The maximum Gasteiger partial charge on any atom is 0.416 e. The minimum atomic E-state index is -4.54. The van der Waals surface area contributed by atoms with Crippen molar-refractivity contribution in [2.75, 3.05) is 13.2 Å². The maximum atomic E-state index is 12.7. The summed E-state index contributed by atoms with van der Waals surface area (Å²) < 4.78 is 43.0. The van der Waals surface area contributed by atoms with Crippen molar-refractivity contribution < 1.29 is 32.3 Å². The summed E-state index contributed by atoms with van der Waals surface area (Å²) in [5.74, 6) is -2.02. The van der Waals surface area contributed by atoms with E-state index in [9.17, 15) is 27.6 Å². The fourth-order valence-corrected chi connectivity index (χ4v) is 2.77. The van der Waals surface area contributed by atoms with E-state index in [2.05, 4.69) is 17.4 Å². The van der Waals surface area contributed by atoms with Gasteiger partial charge in [-0.2, -0.15) is 13.2 Å². The van der Waals surface area contributed by atoms with Crippen LogP contribution in [-0.4, -0.2) is 35.8 Å². The number of carbonyl (C=O) groups excluding carboxylic acids is 3. The molecule has 0 atom stereocenters. The van der Waals surface area contributed by atoms with Gasteiger partial charge in [0.15, 0.2) is 6.61 Å². The molecule has 2 aromatic carbocycles. The molecule has 0 fully saturated rings. The molecule has 0 radical (unpaired) electrons. The molecule has 156 valence electrons. The van der Waals surface area contributed by atoms with E-state index in [1.807, 2.05) is 0 Å². The number of hydrogen-bond donors (Lipinski definition) is 2. The Morgan fingerprint density at radius 2 is 1.67 bits per heavy atom. The number of rotatable bonds is 5. The minimum absolute atomic E-state index is 0.150. The molecule has 10 heteroatoms. The molecule has 0 saturated heterocycles. The summed E-state index contributed by atoms with van der Waals surface area (Å²) in [6.07, 6.45) is -4.54.